The fourth-order valence-electron chi connectivity index (χ4n) is 0.841. The van der Waals surface area contributed by atoms with E-state index in [2.05, 4.69) is 0 Å². The molecule has 0 heterocycles. The SMILES string of the molecule is CCOP(=O)(COCCC(=O)O)OCC. The van der Waals surface area contributed by atoms with Crippen LogP contribution in [0.3, 0.4) is 0 Å². The van der Waals surface area contributed by atoms with E-state index >= 15 is 0 Å². The van der Waals surface area contributed by atoms with Gasteiger partial charge >= 0.3 is 13.6 Å². The van der Waals surface area contributed by atoms with Crippen molar-refractivity contribution in [2.24, 2.45) is 0 Å². The van der Waals surface area contributed by atoms with Crippen LogP contribution >= 0.6 is 7.60 Å². The van der Waals surface area contributed by atoms with Crippen LogP contribution in [0.4, 0.5) is 0 Å². The summed E-state index contributed by atoms with van der Waals surface area (Å²) in [5.41, 5.74) is 0. The van der Waals surface area contributed by atoms with Gasteiger partial charge in [0.25, 0.3) is 0 Å². The molecule has 0 bridgehead atoms. The third-order valence-electron chi connectivity index (χ3n) is 1.36. The molecule has 6 nitrogen and oxygen atoms in total. The highest BCUT2D eigenvalue weighted by atomic mass is 31.2. The molecule has 0 aliphatic heterocycles. The van der Waals surface area contributed by atoms with E-state index in [4.69, 9.17) is 18.9 Å². The molecule has 0 aromatic rings. The molecule has 7 heteroatoms. The molecular formula is C8H17O6P. The Balaban J connectivity index is 3.85. The van der Waals surface area contributed by atoms with Gasteiger partial charge < -0.3 is 18.9 Å². The third kappa shape index (κ3) is 7.50. The average Bonchev–Trinajstić information content (AvgIpc) is 2.13. The van der Waals surface area contributed by atoms with Crippen LogP contribution in [-0.2, 0) is 23.1 Å². The number of aliphatic carboxylic acids is 1. The molecule has 0 amide bonds. The van der Waals surface area contributed by atoms with Crippen molar-refractivity contribution in [1.29, 1.82) is 0 Å². The number of hydrogen-bond acceptors (Lipinski definition) is 5. The first kappa shape index (κ1) is 14.6. The summed E-state index contributed by atoms with van der Waals surface area (Å²) in [5, 5.41) is 8.34. The zero-order valence-corrected chi connectivity index (χ0v) is 9.87. The predicted molar refractivity (Wildman–Crippen MR) is 53.9 cm³/mol. The van der Waals surface area contributed by atoms with Crippen LogP contribution in [-0.4, -0.2) is 37.2 Å². The predicted octanol–water partition coefficient (Wildman–Crippen LogP) is 1.70. The van der Waals surface area contributed by atoms with Gasteiger partial charge in [-0.05, 0) is 13.8 Å². The summed E-state index contributed by atoms with van der Waals surface area (Å²) in [6.07, 6.45) is -0.333. The van der Waals surface area contributed by atoms with Gasteiger partial charge in [-0.2, -0.15) is 0 Å². The van der Waals surface area contributed by atoms with Crippen LogP contribution in [0.1, 0.15) is 20.3 Å². The van der Waals surface area contributed by atoms with Crippen molar-refractivity contribution in [3.05, 3.63) is 0 Å². The first-order valence-corrected chi connectivity index (χ1v) is 6.44. The Kier molecular flexibility index (Phi) is 7.60. The Morgan fingerprint density at radius 1 is 1.27 bits per heavy atom. The molecule has 0 spiro atoms. The number of carboxylic acid groups (broad SMARTS) is 1. The van der Waals surface area contributed by atoms with Gasteiger partial charge in [0.1, 0.15) is 6.35 Å². The highest BCUT2D eigenvalue weighted by Crippen LogP contribution is 2.47. The van der Waals surface area contributed by atoms with E-state index in [1.54, 1.807) is 13.8 Å². The second kappa shape index (κ2) is 7.82. The van der Waals surface area contributed by atoms with Crippen molar-refractivity contribution in [2.75, 3.05) is 26.2 Å². The molecule has 0 radical (unpaired) electrons. The lowest BCUT2D eigenvalue weighted by Crippen LogP contribution is -2.07. The van der Waals surface area contributed by atoms with Crippen molar-refractivity contribution in [3.63, 3.8) is 0 Å². The maximum Gasteiger partial charge on any atom is 0.356 e. The quantitative estimate of drug-likeness (QED) is 0.488. The molecule has 0 aliphatic carbocycles. The number of carboxylic acids is 1. The van der Waals surface area contributed by atoms with Gasteiger partial charge in [0.15, 0.2) is 0 Å². The number of ether oxygens (including phenoxy) is 1. The van der Waals surface area contributed by atoms with Gasteiger partial charge in [-0.3, -0.25) is 9.36 Å². The number of carbonyl (C=O) groups is 1. The van der Waals surface area contributed by atoms with E-state index in [0.29, 0.717) is 0 Å². The Labute approximate surface area is 89.1 Å². The maximum absolute atomic E-state index is 11.7. The van der Waals surface area contributed by atoms with Gasteiger partial charge in [-0.25, -0.2) is 0 Å². The van der Waals surface area contributed by atoms with E-state index in [1.807, 2.05) is 0 Å². The fraction of sp³-hybridized carbons (Fsp3) is 0.875. The Hall–Kier alpha value is -0.420. The molecule has 0 atom stereocenters. The zero-order valence-electron chi connectivity index (χ0n) is 8.97. The molecule has 0 saturated heterocycles. The number of hydrogen-bond donors (Lipinski definition) is 1. The lowest BCUT2D eigenvalue weighted by Gasteiger charge is -2.16. The van der Waals surface area contributed by atoms with Crippen LogP contribution in [0, 0.1) is 0 Å². The summed E-state index contributed by atoms with van der Waals surface area (Å²) >= 11 is 0. The third-order valence-corrected chi connectivity index (χ3v) is 3.16. The van der Waals surface area contributed by atoms with Crippen molar-refractivity contribution in [1.82, 2.24) is 0 Å². The van der Waals surface area contributed by atoms with Crippen molar-refractivity contribution < 1.29 is 28.3 Å². The lowest BCUT2D eigenvalue weighted by molar-refractivity contribution is -0.138. The Bertz CT molecular complexity index is 219. The van der Waals surface area contributed by atoms with E-state index in [-0.39, 0.29) is 32.6 Å². The van der Waals surface area contributed by atoms with Gasteiger partial charge in [-0.1, -0.05) is 0 Å². The molecule has 0 saturated carbocycles. The minimum Gasteiger partial charge on any atom is -0.481 e. The van der Waals surface area contributed by atoms with Crippen molar-refractivity contribution >= 4 is 13.6 Å². The average molecular weight is 240 g/mol. The van der Waals surface area contributed by atoms with Crippen molar-refractivity contribution in [2.45, 2.75) is 20.3 Å². The number of rotatable bonds is 9. The summed E-state index contributed by atoms with van der Waals surface area (Å²) in [6.45, 7) is 3.92. The summed E-state index contributed by atoms with van der Waals surface area (Å²) in [7, 11) is -3.19. The van der Waals surface area contributed by atoms with Crippen molar-refractivity contribution in [3.8, 4) is 0 Å². The summed E-state index contributed by atoms with van der Waals surface area (Å²) in [5.74, 6) is -0.961. The molecule has 1 N–H and O–H groups in total. The fourth-order valence-corrected chi connectivity index (χ4v) is 2.20. The molecule has 0 aromatic carbocycles. The lowest BCUT2D eigenvalue weighted by atomic mass is 10.5. The van der Waals surface area contributed by atoms with Crippen LogP contribution < -0.4 is 0 Å². The molecule has 0 rings (SSSR count). The standard InChI is InChI=1S/C8H17O6P/c1-3-13-15(11,14-4-2)7-12-6-5-8(9)10/h3-7H2,1-2H3,(H,9,10). The van der Waals surface area contributed by atoms with E-state index in [0.717, 1.165) is 0 Å². The van der Waals surface area contributed by atoms with Gasteiger partial charge in [0.05, 0.1) is 26.2 Å². The Morgan fingerprint density at radius 3 is 2.20 bits per heavy atom. The minimum atomic E-state index is -3.19. The highest BCUT2D eigenvalue weighted by Gasteiger charge is 2.23. The largest absolute Gasteiger partial charge is 0.481 e. The van der Waals surface area contributed by atoms with Gasteiger partial charge in [-0.15, -0.1) is 0 Å². The normalized spacial score (nSPS) is 11.6. The molecule has 15 heavy (non-hydrogen) atoms. The topological polar surface area (TPSA) is 82.1 Å². The van der Waals surface area contributed by atoms with Crippen LogP contribution in [0.2, 0.25) is 0 Å². The summed E-state index contributed by atoms with van der Waals surface area (Å²) < 4.78 is 26.5. The zero-order chi connectivity index (χ0) is 11.7. The van der Waals surface area contributed by atoms with Gasteiger partial charge in [0, 0.05) is 0 Å². The first-order valence-electron chi connectivity index (χ1n) is 4.71. The van der Waals surface area contributed by atoms with E-state index in [9.17, 15) is 9.36 Å². The van der Waals surface area contributed by atoms with E-state index in [1.165, 1.54) is 0 Å². The molecule has 90 valence electrons. The van der Waals surface area contributed by atoms with Crippen LogP contribution in [0.15, 0.2) is 0 Å². The molecule has 0 fully saturated rings. The van der Waals surface area contributed by atoms with E-state index < -0.39 is 13.6 Å². The minimum absolute atomic E-state index is 0.000524. The molecule has 0 aromatic heterocycles. The summed E-state index contributed by atoms with van der Waals surface area (Å²) in [4.78, 5) is 10.2. The van der Waals surface area contributed by atoms with Crippen LogP contribution in [0.5, 0.6) is 0 Å². The molecule has 0 aliphatic rings. The second-order valence-electron chi connectivity index (χ2n) is 2.63. The smallest absolute Gasteiger partial charge is 0.356 e. The molecular weight excluding hydrogens is 223 g/mol. The monoisotopic (exact) mass is 240 g/mol. The second-order valence-corrected chi connectivity index (χ2v) is 4.62. The van der Waals surface area contributed by atoms with Gasteiger partial charge in [0.2, 0.25) is 0 Å². The Morgan fingerprint density at radius 2 is 1.80 bits per heavy atom. The highest BCUT2D eigenvalue weighted by molar-refractivity contribution is 7.53. The molecule has 0 unspecified atom stereocenters. The first-order chi connectivity index (χ1) is 7.04. The summed E-state index contributed by atoms with van der Waals surface area (Å²) in [6, 6.07) is 0. The maximum atomic E-state index is 11.7. The van der Waals surface area contributed by atoms with Crippen LogP contribution in [0.25, 0.3) is 0 Å².